The summed E-state index contributed by atoms with van der Waals surface area (Å²) in [6.07, 6.45) is 1.70. The zero-order valence-electron chi connectivity index (χ0n) is 14.4. The van der Waals surface area contributed by atoms with E-state index in [1.54, 1.807) is 24.3 Å². The van der Waals surface area contributed by atoms with Crippen LogP contribution in [0.3, 0.4) is 0 Å². The van der Waals surface area contributed by atoms with Gasteiger partial charge < -0.3 is 4.74 Å². The third-order valence-corrected chi connectivity index (χ3v) is 6.23. The van der Waals surface area contributed by atoms with Gasteiger partial charge in [-0.05, 0) is 115 Å². The SMILES string of the molecule is N#C/C(=C/c1cc(I)c(OCc2ccc(I)cc2)c(I)c1)c1ccccc1F. The van der Waals surface area contributed by atoms with Gasteiger partial charge in [0.1, 0.15) is 18.2 Å². The Kier molecular flexibility index (Phi) is 7.70. The molecule has 0 saturated carbocycles. The lowest BCUT2D eigenvalue weighted by atomic mass is 10.0. The van der Waals surface area contributed by atoms with Crippen LogP contribution in [0.25, 0.3) is 11.6 Å². The molecule has 3 rings (SSSR count). The minimum atomic E-state index is -0.405. The van der Waals surface area contributed by atoms with E-state index in [9.17, 15) is 9.65 Å². The molecule has 140 valence electrons. The molecular formula is C22H13FI3NO. The molecule has 0 saturated heterocycles. The van der Waals surface area contributed by atoms with Crippen LogP contribution in [0.2, 0.25) is 0 Å². The third-order valence-electron chi connectivity index (χ3n) is 3.91. The van der Waals surface area contributed by atoms with E-state index in [1.807, 2.05) is 24.3 Å². The molecule has 3 aromatic rings. The Morgan fingerprint density at radius 1 is 1.00 bits per heavy atom. The van der Waals surface area contributed by atoms with Crippen LogP contribution < -0.4 is 4.74 Å². The first-order valence-electron chi connectivity index (χ1n) is 8.21. The summed E-state index contributed by atoms with van der Waals surface area (Å²) >= 11 is 6.72. The quantitative estimate of drug-likeness (QED) is 0.159. The van der Waals surface area contributed by atoms with E-state index in [0.29, 0.717) is 12.2 Å². The Hall–Kier alpha value is -1.19. The molecule has 28 heavy (non-hydrogen) atoms. The molecule has 0 spiro atoms. The zero-order valence-corrected chi connectivity index (χ0v) is 20.9. The van der Waals surface area contributed by atoms with E-state index in [0.717, 1.165) is 24.0 Å². The number of halogens is 4. The van der Waals surface area contributed by atoms with E-state index < -0.39 is 5.82 Å². The van der Waals surface area contributed by atoms with Crippen molar-refractivity contribution in [1.29, 1.82) is 5.26 Å². The number of rotatable bonds is 5. The minimum absolute atomic E-state index is 0.289. The Morgan fingerprint density at radius 3 is 2.25 bits per heavy atom. The summed E-state index contributed by atoms with van der Waals surface area (Å²) in [4.78, 5) is 0. The van der Waals surface area contributed by atoms with Gasteiger partial charge in [0.05, 0.1) is 18.8 Å². The van der Waals surface area contributed by atoms with Crippen molar-refractivity contribution in [2.45, 2.75) is 6.61 Å². The first-order chi connectivity index (χ1) is 13.5. The second kappa shape index (κ2) is 10.0. The summed E-state index contributed by atoms with van der Waals surface area (Å²) in [6.45, 7) is 0.483. The lowest BCUT2D eigenvalue weighted by molar-refractivity contribution is 0.301. The molecule has 2 nitrogen and oxygen atoms in total. The van der Waals surface area contributed by atoms with Crippen LogP contribution >= 0.6 is 67.8 Å². The molecule has 0 aliphatic carbocycles. The molecule has 0 heterocycles. The van der Waals surface area contributed by atoms with Crippen molar-refractivity contribution in [1.82, 2.24) is 0 Å². The normalized spacial score (nSPS) is 11.2. The molecule has 0 bridgehead atoms. The number of nitrogens with zero attached hydrogens (tertiary/aromatic N) is 1. The third kappa shape index (κ3) is 5.45. The molecular weight excluding hydrogens is 694 g/mol. The highest BCUT2D eigenvalue weighted by molar-refractivity contribution is 14.1. The van der Waals surface area contributed by atoms with E-state index >= 15 is 0 Å². The lowest BCUT2D eigenvalue weighted by Gasteiger charge is -2.12. The van der Waals surface area contributed by atoms with Crippen LogP contribution in [-0.2, 0) is 6.61 Å². The summed E-state index contributed by atoms with van der Waals surface area (Å²) in [7, 11) is 0. The van der Waals surface area contributed by atoms with Crippen LogP contribution in [0.5, 0.6) is 5.75 Å². The van der Waals surface area contributed by atoms with Crippen LogP contribution in [0, 0.1) is 27.9 Å². The second-order valence-corrected chi connectivity index (χ2v) is 9.45. The van der Waals surface area contributed by atoms with Gasteiger partial charge in [0, 0.05) is 9.13 Å². The van der Waals surface area contributed by atoms with Gasteiger partial charge in [-0.3, -0.25) is 0 Å². The van der Waals surface area contributed by atoms with E-state index in [4.69, 9.17) is 4.74 Å². The van der Waals surface area contributed by atoms with Gasteiger partial charge in [-0.25, -0.2) is 4.39 Å². The van der Waals surface area contributed by atoms with Crippen molar-refractivity contribution < 1.29 is 9.13 Å². The maximum atomic E-state index is 14.0. The summed E-state index contributed by atoms with van der Waals surface area (Å²) in [5, 5.41) is 9.47. The predicted molar refractivity (Wildman–Crippen MR) is 135 cm³/mol. The highest BCUT2D eigenvalue weighted by atomic mass is 127. The van der Waals surface area contributed by atoms with Gasteiger partial charge >= 0.3 is 0 Å². The topological polar surface area (TPSA) is 33.0 Å². The fraction of sp³-hybridized carbons (Fsp3) is 0.0455. The molecule has 0 aliphatic rings. The standard InChI is InChI=1S/C22H13FI3NO/c23-19-4-2-1-3-18(19)16(12-27)9-15-10-20(25)22(21(26)11-15)28-13-14-5-7-17(24)8-6-14/h1-11H,13H2/b16-9-. The molecule has 0 fully saturated rings. The largest absolute Gasteiger partial charge is 0.487 e. The molecule has 0 N–H and O–H groups in total. The Labute approximate surface area is 204 Å². The Morgan fingerprint density at radius 2 is 1.64 bits per heavy atom. The van der Waals surface area contributed by atoms with Gasteiger partial charge in [-0.15, -0.1) is 0 Å². The number of benzene rings is 3. The molecule has 0 atom stereocenters. The van der Waals surface area contributed by atoms with Gasteiger partial charge in [0.25, 0.3) is 0 Å². The van der Waals surface area contributed by atoms with Gasteiger partial charge in [0.2, 0.25) is 0 Å². The maximum absolute atomic E-state index is 14.0. The highest BCUT2D eigenvalue weighted by Gasteiger charge is 2.11. The summed E-state index contributed by atoms with van der Waals surface area (Å²) < 4.78 is 23.1. The average Bonchev–Trinajstić information content (AvgIpc) is 2.67. The summed E-state index contributed by atoms with van der Waals surface area (Å²) in [6, 6.07) is 20.5. The van der Waals surface area contributed by atoms with Gasteiger partial charge in [0.15, 0.2) is 0 Å². The lowest BCUT2D eigenvalue weighted by Crippen LogP contribution is -1.99. The summed E-state index contributed by atoms with van der Waals surface area (Å²) in [5.74, 6) is 0.401. The first-order valence-corrected chi connectivity index (χ1v) is 11.4. The molecule has 0 aliphatic heterocycles. The number of allylic oxidation sites excluding steroid dienone is 1. The predicted octanol–water partition coefficient (Wildman–Crippen LogP) is 7.28. The van der Waals surface area contributed by atoms with E-state index in [2.05, 4.69) is 86.0 Å². The average molecular weight is 707 g/mol. The molecule has 3 aromatic carbocycles. The van der Waals surface area contributed by atoms with Crippen LogP contribution in [0.1, 0.15) is 16.7 Å². The molecule has 0 aromatic heterocycles. The smallest absolute Gasteiger partial charge is 0.146 e. The number of hydrogen-bond acceptors (Lipinski definition) is 2. The van der Waals surface area contributed by atoms with Crippen LogP contribution in [0.4, 0.5) is 4.39 Å². The van der Waals surface area contributed by atoms with Crippen LogP contribution in [0.15, 0.2) is 60.7 Å². The van der Waals surface area contributed by atoms with Gasteiger partial charge in [-0.2, -0.15) is 5.26 Å². The first kappa shape index (κ1) is 21.5. The second-order valence-electron chi connectivity index (χ2n) is 5.88. The molecule has 0 radical (unpaired) electrons. The summed E-state index contributed by atoms with van der Waals surface area (Å²) in [5.41, 5.74) is 2.52. The van der Waals surface area contributed by atoms with Crippen molar-refractivity contribution in [3.8, 4) is 11.8 Å². The fourth-order valence-corrected chi connectivity index (χ4v) is 5.04. The molecule has 0 unspecified atom stereocenters. The van der Waals surface area contributed by atoms with Crippen LogP contribution in [-0.4, -0.2) is 0 Å². The fourth-order valence-electron chi connectivity index (χ4n) is 2.55. The molecule has 0 amide bonds. The van der Waals surface area contributed by atoms with E-state index in [1.165, 1.54) is 9.64 Å². The van der Waals surface area contributed by atoms with Crippen molar-refractivity contribution in [2.75, 3.05) is 0 Å². The van der Waals surface area contributed by atoms with E-state index in [-0.39, 0.29) is 5.57 Å². The number of nitriles is 1. The van der Waals surface area contributed by atoms with Gasteiger partial charge in [-0.1, -0.05) is 30.3 Å². The Balaban J connectivity index is 1.86. The number of ether oxygens (including phenoxy) is 1. The van der Waals surface area contributed by atoms with Crippen molar-refractivity contribution >= 4 is 79.4 Å². The highest BCUT2D eigenvalue weighted by Crippen LogP contribution is 2.31. The maximum Gasteiger partial charge on any atom is 0.146 e. The Bertz CT molecular complexity index is 1050. The minimum Gasteiger partial charge on any atom is -0.487 e. The van der Waals surface area contributed by atoms with Crippen molar-refractivity contribution in [3.05, 3.63) is 93.9 Å². The monoisotopic (exact) mass is 707 g/mol. The zero-order chi connectivity index (χ0) is 20.1. The number of hydrogen-bond donors (Lipinski definition) is 0. The van der Waals surface area contributed by atoms with Crippen molar-refractivity contribution in [2.24, 2.45) is 0 Å². The molecule has 6 heteroatoms. The van der Waals surface area contributed by atoms with Crippen molar-refractivity contribution in [3.63, 3.8) is 0 Å².